The van der Waals surface area contributed by atoms with E-state index in [1.165, 1.54) is 0 Å². The molecular weight excluding hydrogens is 278 g/mol. The average molecular weight is 299 g/mol. The van der Waals surface area contributed by atoms with Crippen molar-refractivity contribution >= 4 is 11.7 Å². The molecule has 0 saturated heterocycles. The van der Waals surface area contributed by atoms with Gasteiger partial charge in [-0.25, -0.2) is 4.79 Å². The maximum absolute atomic E-state index is 11.2. The summed E-state index contributed by atoms with van der Waals surface area (Å²) in [5.41, 5.74) is 2.97. The van der Waals surface area contributed by atoms with Crippen molar-refractivity contribution in [2.75, 3.05) is 5.32 Å². The van der Waals surface area contributed by atoms with Crippen molar-refractivity contribution in [2.45, 2.75) is 33.4 Å². The fourth-order valence-corrected chi connectivity index (χ4v) is 2.26. The standard InChI is InChI=1S/C18H21NO3/c1-12(2)22-15-7-4-6-14(10-15)11-19-17-9-5-8-16(13(17)3)18(20)21/h4-10,12,19H,11H2,1-3H3,(H,20,21). The molecule has 0 aliphatic heterocycles. The second-order valence-electron chi connectivity index (χ2n) is 5.45. The van der Waals surface area contributed by atoms with Gasteiger partial charge in [0.2, 0.25) is 0 Å². The van der Waals surface area contributed by atoms with Gasteiger partial charge in [0.1, 0.15) is 5.75 Å². The van der Waals surface area contributed by atoms with Crippen LogP contribution in [0.2, 0.25) is 0 Å². The molecule has 0 spiro atoms. The van der Waals surface area contributed by atoms with Crippen molar-refractivity contribution in [3.05, 3.63) is 59.2 Å². The minimum absolute atomic E-state index is 0.137. The minimum atomic E-state index is -0.909. The van der Waals surface area contributed by atoms with Crippen molar-refractivity contribution in [1.29, 1.82) is 0 Å². The third-order valence-electron chi connectivity index (χ3n) is 3.32. The summed E-state index contributed by atoms with van der Waals surface area (Å²) < 4.78 is 5.68. The molecule has 116 valence electrons. The quantitative estimate of drug-likeness (QED) is 0.843. The lowest BCUT2D eigenvalue weighted by Gasteiger charge is -2.13. The first-order valence-electron chi connectivity index (χ1n) is 7.29. The van der Waals surface area contributed by atoms with Gasteiger partial charge in [0, 0.05) is 12.2 Å². The molecule has 4 heteroatoms. The molecule has 0 amide bonds. The average Bonchev–Trinajstić information content (AvgIpc) is 2.45. The highest BCUT2D eigenvalue weighted by atomic mass is 16.5. The van der Waals surface area contributed by atoms with E-state index in [4.69, 9.17) is 9.84 Å². The van der Waals surface area contributed by atoms with E-state index in [-0.39, 0.29) is 6.10 Å². The lowest BCUT2D eigenvalue weighted by Crippen LogP contribution is -2.07. The van der Waals surface area contributed by atoms with Crippen molar-refractivity contribution in [2.24, 2.45) is 0 Å². The number of hydrogen-bond acceptors (Lipinski definition) is 3. The summed E-state index contributed by atoms with van der Waals surface area (Å²) in [4.78, 5) is 11.2. The molecule has 0 aliphatic carbocycles. The van der Waals surface area contributed by atoms with E-state index in [0.717, 1.165) is 22.6 Å². The molecule has 2 aromatic rings. The van der Waals surface area contributed by atoms with Crippen LogP contribution in [0, 0.1) is 6.92 Å². The van der Waals surface area contributed by atoms with Gasteiger partial charge in [0.25, 0.3) is 0 Å². The zero-order chi connectivity index (χ0) is 16.1. The fraction of sp³-hybridized carbons (Fsp3) is 0.278. The minimum Gasteiger partial charge on any atom is -0.491 e. The second-order valence-corrected chi connectivity index (χ2v) is 5.45. The molecule has 22 heavy (non-hydrogen) atoms. The van der Waals surface area contributed by atoms with Crippen LogP contribution in [0.3, 0.4) is 0 Å². The summed E-state index contributed by atoms with van der Waals surface area (Å²) in [6, 6.07) is 13.1. The van der Waals surface area contributed by atoms with Gasteiger partial charge in [0.15, 0.2) is 0 Å². The lowest BCUT2D eigenvalue weighted by molar-refractivity contribution is 0.0696. The molecule has 0 radical (unpaired) electrons. The summed E-state index contributed by atoms with van der Waals surface area (Å²) in [7, 11) is 0. The van der Waals surface area contributed by atoms with Crippen LogP contribution in [-0.4, -0.2) is 17.2 Å². The zero-order valence-electron chi connectivity index (χ0n) is 13.1. The zero-order valence-corrected chi connectivity index (χ0v) is 13.1. The number of carboxylic acids is 1. The Bertz CT molecular complexity index is 665. The van der Waals surface area contributed by atoms with Crippen LogP contribution in [0.15, 0.2) is 42.5 Å². The van der Waals surface area contributed by atoms with Crippen LogP contribution in [0.1, 0.15) is 35.3 Å². The van der Waals surface area contributed by atoms with Gasteiger partial charge in [-0.2, -0.15) is 0 Å². The Labute approximate surface area is 130 Å². The third kappa shape index (κ3) is 4.01. The second kappa shape index (κ2) is 6.98. The van der Waals surface area contributed by atoms with E-state index in [1.54, 1.807) is 12.1 Å². The number of aromatic carboxylic acids is 1. The molecule has 0 aliphatic rings. The number of benzene rings is 2. The maximum atomic E-state index is 11.2. The predicted molar refractivity (Wildman–Crippen MR) is 87.7 cm³/mol. The van der Waals surface area contributed by atoms with Crippen LogP contribution in [0.5, 0.6) is 5.75 Å². The first-order chi connectivity index (χ1) is 10.5. The van der Waals surface area contributed by atoms with Gasteiger partial charge >= 0.3 is 5.97 Å². The first-order valence-corrected chi connectivity index (χ1v) is 7.29. The van der Waals surface area contributed by atoms with Crippen molar-refractivity contribution in [3.8, 4) is 5.75 Å². The van der Waals surface area contributed by atoms with Gasteiger partial charge in [-0.1, -0.05) is 18.2 Å². The Morgan fingerprint density at radius 1 is 1.23 bits per heavy atom. The van der Waals surface area contributed by atoms with Crippen molar-refractivity contribution in [1.82, 2.24) is 0 Å². The molecule has 2 aromatic carbocycles. The number of ether oxygens (including phenoxy) is 1. The Balaban J connectivity index is 2.10. The molecule has 2 rings (SSSR count). The van der Waals surface area contributed by atoms with Crippen LogP contribution < -0.4 is 10.1 Å². The highest BCUT2D eigenvalue weighted by molar-refractivity contribution is 5.91. The van der Waals surface area contributed by atoms with Gasteiger partial charge in [-0.3, -0.25) is 0 Å². The molecule has 0 fully saturated rings. The van der Waals surface area contributed by atoms with Crippen LogP contribution in [0.4, 0.5) is 5.69 Å². The van der Waals surface area contributed by atoms with Crippen LogP contribution in [-0.2, 0) is 6.54 Å². The highest BCUT2D eigenvalue weighted by Gasteiger charge is 2.09. The van der Waals surface area contributed by atoms with Crippen molar-refractivity contribution < 1.29 is 14.6 Å². The number of hydrogen-bond donors (Lipinski definition) is 2. The van der Waals surface area contributed by atoms with Crippen LogP contribution >= 0.6 is 0 Å². The van der Waals surface area contributed by atoms with E-state index in [0.29, 0.717) is 12.1 Å². The summed E-state index contributed by atoms with van der Waals surface area (Å²) in [6.07, 6.45) is 0.137. The largest absolute Gasteiger partial charge is 0.491 e. The third-order valence-corrected chi connectivity index (χ3v) is 3.32. The Morgan fingerprint density at radius 3 is 2.64 bits per heavy atom. The summed E-state index contributed by atoms with van der Waals surface area (Å²) >= 11 is 0. The van der Waals surface area contributed by atoms with E-state index in [2.05, 4.69) is 5.32 Å². The Morgan fingerprint density at radius 2 is 1.95 bits per heavy atom. The number of nitrogens with one attached hydrogen (secondary N) is 1. The number of carbonyl (C=O) groups is 1. The molecular formula is C18H21NO3. The molecule has 0 aromatic heterocycles. The van der Waals surface area contributed by atoms with Gasteiger partial charge < -0.3 is 15.2 Å². The normalized spacial score (nSPS) is 10.5. The van der Waals surface area contributed by atoms with E-state index < -0.39 is 5.97 Å². The number of anilines is 1. The van der Waals surface area contributed by atoms with E-state index >= 15 is 0 Å². The van der Waals surface area contributed by atoms with E-state index in [9.17, 15) is 4.79 Å². The predicted octanol–water partition coefficient (Wildman–Crippen LogP) is 4.09. The monoisotopic (exact) mass is 299 g/mol. The van der Waals surface area contributed by atoms with Gasteiger partial charge in [-0.15, -0.1) is 0 Å². The number of carboxylic acid groups (broad SMARTS) is 1. The van der Waals surface area contributed by atoms with Gasteiger partial charge in [0.05, 0.1) is 11.7 Å². The lowest BCUT2D eigenvalue weighted by atomic mass is 10.1. The molecule has 2 N–H and O–H groups in total. The fourth-order valence-electron chi connectivity index (χ4n) is 2.26. The Hall–Kier alpha value is -2.49. The molecule has 0 atom stereocenters. The van der Waals surface area contributed by atoms with Gasteiger partial charge in [-0.05, 0) is 56.2 Å². The van der Waals surface area contributed by atoms with Crippen LogP contribution in [0.25, 0.3) is 0 Å². The van der Waals surface area contributed by atoms with Crippen molar-refractivity contribution in [3.63, 3.8) is 0 Å². The molecule has 4 nitrogen and oxygen atoms in total. The smallest absolute Gasteiger partial charge is 0.336 e. The summed E-state index contributed by atoms with van der Waals surface area (Å²) in [5, 5.41) is 12.4. The maximum Gasteiger partial charge on any atom is 0.336 e. The molecule has 0 heterocycles. The SMILES string of the molecule is Cc1c(NCc2cccc(OC(C)C)c2)cccc1C(=O)O. The molecule has 0 bridgehead atoms. The first kappa shape index (κ1) is 15.9. The summed E-state index contributed by atoms with van der Waals surface area (Å²) in [5.74, 6) is -0.0706. The topological polar surface area (TPSA) is 58.6 Å². The number of rotatable bonds is 6. The Kier molecular flexibility index (Phi) is 5.04. The summed E-state index contributed by atoms with van der Waals surface area (Å²) in [6.45, 7) is 6.40. The highest BCUT2D eigenvalue weighted by Crippen LogP contribution is 2.21. The van der Waals surface area contributed by atoms with E-state index in [1.807, 2.05) is 51.1 Å². The molecule has 0 saturated carbocycles. The molecule has 0 unspecified atom stereocenters.